The van der Waals surface area contributed by atoms with Gasteiger partial charge in [0.2, 0.25) is 5.91 Å². The Kier molecular flexibility index (Phi) is 10.7. The number of aliphatic hydroxyl groups excluding tert-OH is 1. The molecule has 0 bridgehead atoms. The summed E-state index contributed by atoms with van der Waals surface area (Å²) in [6.07, 6.45) is 0.850. The summed E-state index contributed by atoms with van der Waals surface area (Å²) in [5, 5.41) is 20.9. The standard InChI is InChI=1S/C11H18NO4.CH2O2.CH4.Na/c1-6(13)12-7-4-5-8(14)10-9(7)15-11(2,3)16-10;2-1-3;;/h7,9-10,14H,4-5H2,1-3H3,(H,12,13);1H,(H,2,3);1H4;/q-1;;;+1/p-1/t7-,9+,10-;;;/m1.../s1. The van der Waals surface area contributed by atoms with Crippen molar-refractivity contribution in [1.82, 2.24) is 5.32 Å². The Hall–Kier alpha value is -0.180. The molecule has 0 unspecified atom stereocenters. The average Bonchev–Trinajstić information content (AvgIpc) is 2.60. The minimum Gasteiger partial charge on any atom is -0.560 e. The van der Waals surface area contributed by atoms with Gasteiger partial charge in [-0.3, -0.25) is 4.79 Å². The molecule has 2 rings (SSSR count). The van der Waals surface area contributed by atoms with Crippen molar-refractivity contribution in [2.24, 2.45) is 0 Å². The van der Waals surface area contributed by atoms with Crippen LogP contribution in [0.2, 0.25) is 0 Å². The maximum Gasteiger partial charge on any atom is 1.00 e. The van der Waals surface area contributed by atoms with Crippen molar-refractivity contribution in [2.45, 2.75) is 65.1 Å². The third kappa shape index (κ3) is 6.63. The molecule has 7 nitrogen and oxygen atoms in total. The second-order valence-electron chi connectivity index (χ2n) is 4.95. The molecule has 1 amide bonds. The molecule has 2 fully saturated rings. The van der Waals surface area contributed by atoms with E-state index in [1.807, 2.05) is 13.8 Å². The molecule has 0 aromatic carbocycles. The monoisotopic (exact) mass is 312 g/mol. The van der Waals surface area contributed by atoms with E-state index < -0.39 is 18.4 Å². The number of rotatable bonds is 1. The van der Waals surface area contributed by atoms with E-state index in [0.717, 1.165) is 0 Å². The van der Waals surface area contributed by atoms with Gasteiger partial charge in [-0.25, -0.2) is 0 Å². The molecule has 2 aliphatic rings. The molecule has 1 aliphatic heterocycles. The van der Waals surface area contributed by atoms with E-state index >= 15 is 0 Å². The number of ether oxygens (including phenoxy) is 2. The molecule has 118 valence electrons. The largest absolute Gasteiger partial charge is 1.00 e. The Morgan fingerprint density at radius 2 is 2.00 bits per heavy atom. The van der Waals surface area contributed by atoms with E-state index in [2.05, 4.69) is 5.32 Å². The number of carbonyl (C=O) groups is 2. The fourth-order valence-electron chi connectivity index (χ4n) is 2.37. The van der Waals surface area contributed by atoms with Gasteiger partial charge < -0.3 is 29.8 Å². The number of aliphatic hydroxyl groups is 1. The third-order valence-corrected chi connectivity index (χ3v) is 2.95. The van der Waals surface area contributed by atoms with E-state index in [0.29, 0.717) is 18.9 Å². The molecular weight excluding hydrogens is 289 g/mol. The molecule has 0 radical (unpaired) electrons. The number of hydrogen-bond acceptors (Lipinski definition) is 6. The Morgan fingerprint density at radius 1 is 1.48 bits per heavy atom. The van der Waals surface area contributed by atoms with Crippen LogP contribution in [0.3, 0.4) is 0 Å². The van der Waals surface area contributed by atoms with E-state index in [4.69, 9.17) is 19.4 Å². The normalized spacial score (nSPS) is 29.6. The number of carbonyl (C=O) groups excluding carboxylic acids is 2. The van der Waals surface area contributed by atoms with Crippen LogP contribution in [0, 0.1) is 6.10 Å². The summed E-state index contributed by atoms with van der Waals surface area (Å²) in [6.45, 7) is 4.60. The molecule has 2 N–H and O–H groups in total. The van der Waals surface area contributed by atoms with Gasteiger partial charge in [-0.2, -0.15) is 12.5 Å². The fraction of sp³-hybridized carbons (Fsp3) is 0.769. The van der Waals surface area contributed by atoms with Crippen molar-refractivity contribution in [1.29, 1.82) is 0 Å². The first-order valence-corrected chi connectivity index (χ1v) is 6.03. The van der Waals surface area contributed by atoms with Crippen molar-refractivity contribution in [3.05, 3.63) is 6.10 Å². The quantitative estimate of drug-likeness (QED) is 0.299. The van der Waals surface area contributed by atoms with E-state index in [9.17, 15) is 9.90 Å². The zero-order valence-electron chi connectivity index (χ0n) is 12.2. The smallest absolute Gasteiger partial charge is 0.560 e. The number of amides is 1. The summed E-state index contributed by atoms with van der Waals surface area (Å²) in [5.74, 6) is -0.789. The fourth-order valence-corrected chi connectivity index (χ4v) is 2.37. The SMILES string of the molecule is C.CC(=O)N[C@@H]1CC[C-](O)[C@H]2OC(C)(C)O[C@H]21.O=C[O-].[Na+]. The third-order valence-electron chi connectivity index (χ3n) is 2.95. The Bertz CT molecular complexity index is 339. The first kappa shape index (κ1) is 23.1. The molecule has 0 spiro atoms. The van der Waals surface area contributed by atoms with Crippen LogP contribution in [0.25, 0.3) is 0 Å². The maximum absolute atomic E-state index is 11.1. The topological polar surface area (TPSA) is 108 Å². The predicted octanol–water partition coefficient (Wildman–Crippen LogP) is -3.28. The molecular formula is C13H23NNaO6-. The predicted molar refractivity (Wildman–Crippen MR) is 68.6 cm³/mol. The molecule has 1 heterocycles. The van der Waals surface area contributed by atoms with Crippen LogP contribution >= 0.6 is 0 Å². The number of hydrogen-bond donors (Lipinski definition) is 2. The molecule has 21 heavy (non-hydrogen) atoms. The van der Waals surface area contributed by atoms with Gasteiger partial charge in [0, 0.05) is 13.4 Å². The van der Waals surface area contributed by atoms with E-state index in [1.54, 1.807) is 0 Å². The van der Waals surface area contributed by atoms with E-state index in [-0.39, 0.29) is 55.0 Å². The Balaban J connectivity index is 0. The van der Waals surface area contributed by atoms with Crippen molar-refractivity contribution in [3.63, 3.8) is 0 Å². The van der Waals surface area contributed by atoms with Gasteiger partial charge in [-0.1, -0.05) is 13.8 Å². The second-order valence-corrected chi connectivity index (χ2v) is 4.95. The van der Waals surface area contributed by atoms with Crippen molar-refractivity contribution < 1.29 is 58.8 Å². The van der Waals surface area contributed by atoms with Crippen molar-refractivity contribution in [2.75, 3.05) is 0 Å². The zero-order valence-corrected chi connectivity index (χ0v) is 14.2. The molecule has 1 aliphatic carbocycles. The van der Waals surface area contributed by atoms with Crippen molar-refractivity contribution in [3.8, 4) is 0 Å². The molecule has 0 aromatic heterocycles. The molecule has 0 aromatic rings. The number of fused-ring (bicyclic) bond motifs is 1. The summed E-state index contributed by atoms with van der Waals surface area (Å²) < 4.78 is 11.3. The average molecular weight is 312 g/mol. The summed E-state index contributed by atoms with van der Waals surface area (Å²) in [5.41, 5.74) is 0. The van der Waals surface area contributed by atoms with Crippen LogP contribution in [0.15, 0.2) is 0 Å². The maximum atomic E-state index is 11.1. The summed E-state index contributed by atoms with van der Waals surface area (Å²) in [4.78, 5) is 19.3. The van der Waals surface area contributed by atoms with Crippen LogP contribution in [-0.4, -0.2) is 41.5 Å². The van der Waals surface area contributed by atoms with Gasteiger partial charge in [-0.15, -0.1) is 0 Å². The van der Waals surface area contributed by atoms with Gasteiger partial charge in [0.1, 0.15) is 0 Å². The second kappa shape index (κ2) is 9.76. The van der Waals surface area contributed by atoms with Crippen LogP contribution in [-0.2, 0) is 19.1 Å². The minimum absolute atomic E-state index is 0. The van der Waals surface area contributed by atoms with Crippen LogP contribution in [0.4, 0.5) is 0 Å². The van der Waals surface area contributed by atoms with Gasteiger partial charge in [-0.05, 0) is 20.0 Å². The first-order valence-electron chi connectivity index (χ1n) is 6.03. The van der Waals surface area contributed by atoms with E-state index in [1.165, 1.54) is 6.92 Å². The Morgan fingerprint density at radius 3 is 2.48 bits per heavy atom. The first-order chi connectivity index (χ1) is 8.80. The molecule has 1 saturated heterocycles. The van der Waals surface area contributed by atoms with Crippen molar-refractivity contribution >= 4 is 12.4 Å². The van der Waals surface area contributed by atoms with Gasteiger partial charge in [0.25, 0.3) is 0 Å². The molecule has 1 saturated carbocycles. The Labute approximate surface area is 147 Å². The van der Waals surface area contributed by atoms with Gasteiger partial charge >= 0.3 is 29.6 Å². The van der Waals surface area contributed by atoms with Crippen LogP contribution in [0.5, 0.6) is 0 Å². The minimum atomic E-state index is -0.704. The summed E-state index contributed by atoms with van der Waals surface area (Å²) in [7, 11) is 0. The van der Waals surface area contributed by atoms with Crippen LogP contribution in [0.1, 0.15) is 41.0 Å². The number of nitrogens with one attached hydrogen (secondary N) is 1. The molecule has 8 heteroatoms. The van der Waals surface area contributed by atoms with Gasteiger partial charge in [0.05, 0.1) is 12.1 Å². The molecule has 3 atom stereocenters. The summed E-state index contributed by atoms with van der Waals surface area (Å²) in [6, 6.07) is -0.0832. The van der Waals surface area contributed by atoms with Gasteiger partial charge in [0.15, 0.2) is 5.79 Å². The van der Waals surface area contributed by atoms with Crippen LogP contribution < -0.4 is 40.0 Å². The summed E-state index contributed by atoms with van der Waals surface area (Å²) >= 11 is 0. The zero-order chi connectivity index (χ0) is 14.6. The number of carboxylic acid groups (broad SMARTS) is 1.